The first-order valence-corrected chi connectivity index (χ1v) is 10.9. The SMILES string of the molecule is C=C(CC12CCC(C1)C1CC(CO)C(CO)(CC(=C)C(=O)O)C12CC(=C)C(=O)O)C(=O)O. The van der Waals surface area contributed by atoms with Gasteiger partial charge in [-0.05, 0) is 73.5 Å². The summed E-state index contributed by atoms with van der Waals surface area (Å²) in [6.07, 6.45) is 2.58. The fourth-order valence-corrected chi connectivity index (χ4v) is 7.94. The topological polar surface area (TPSA) is 152 Å². The summed E-state index contributed by atoms with van der Waals surface area (Å²) in [6.45, 7) is 10.4. The van der Waals surface area contributed by atoms with Crippen LogP contribution in [0.4, 0.5) is 0 Å². The smallest absolute Gasteiger partial charge is 0.330 e. The van der Waals surface area contributed by atoms with Gasteiger partial charge in [0.05, 0.1) is 0 Å². The second kappa shape index (κ2) is 8.15. The van der Waals surface area contributed by atoms with E-state index in [0.29, 0.717) is 19.3 Å². The molecule has 0 radical (unpaired) electrons. The molecule has 32 heavy (non-hydrogen) atoms. The van der Waals surface area contributed by atoms with Crippen LogP contribution in [0.2, 0.25) is 0 Å². The van der Waals surface area contributed by atoms with Gasteiger partial charge in [0.2, 0.25) is 0 Å². The third-order valence-corrected chi connectivity index (χ3v) is 8.99. The minimum absolute atomic E-state index is 0.00274. The summed E-state index contributed by atoms with van der Waals surface area (Å²) in [5.41, 5.74) is -3.01. The van der Waals surface area contributed by atoms with Crippen molar-refractivity contribution in [2.45, 2.75) is 44.9 Å². The van der Waals surface area contributed by atoms with Crippen molar-refractivity contribution in [1.82, 2.24) is 0 Å². The van der Waals surface area contributed by atoms with E-state index in [0.717, 1.165) is 6.42 Å². The largest absolute Gasteiger partial charge is 0.478 e. The van der Waals surface area contributed by atoms with Crippen LogP contribution in [-0.4, -0.2) is 56.7 Å². The highest BCUT2D eigenvalue weighted by Gasteiger charge is 2.77. The Balaban J connectivity index is 2.27. The number of carbonyl (C=O) groups is 3. The number of aliphatic carboxylic acids is 3. The molecule has 6 atom stereocenters. The van der Waals surface area contributed by atoms with Gasteiger partial charge in [0.15, 0.2) is 0 Å². The van der Waals surface area contributed by atoms with Crippen LogP contribution < -0.4 is 0 Å². The van der Waals surface area contributed by atoms with Gasteiger partial charge in [-0.15, -0.1) is 0 Å². The molecule has 0 aromatic heterocycles. The van der Waals surface area contributed by atoms with Crippen molar-refractivity contribution in [2.75, 3.05) is 13.2 Å². The van der Waals surface area contributed by atoms with E-state index in [9.17, 15) is 39.9 Å². The first-order chi connectivity index (χ1) is 14.9. The zero-order chi connectivity index (χ0) is 24.1. The second-order valence-corrected chi connectivity index (χ2v) is 10.0. The number of hydrogen-bond donors (Lipinski definition) is 5. The molecule has 6 unspecified atom stereocenters. The monoisotopic (exact) mass is 448 g/mol. The molecule has 8 nitrogen and oxygen atoms in total. The number of hydrogen-bond acceptors (Lipinski definition) is 5. The highest BCUT2D eigenvalue weighted by atomic mass is 16.4. The predicted octanol–water partition coefficient (Wildman–Crippen LogP) is 2.47. The Morgan fingerprint density at radius 2 is 1.38 bits per heavy atom. The van der Waals surface area contributed by atoms with Crippen LogP contribution in [0.3, 0.4) is 0 Å². The van der Waals surface area contributed by atoms with Gasteiger partial charge in [-0.2, -0.15) is 0 Å². The number of carboxylic acid groups (broad SMARTS) is 3. The van der Waals surface area contributed by atoms with Crippen molar-refractivity contribution in [3.8, 4) is 0 Å². The summed E-state index contributed by atoms with van der Waals surface area (Å²) in [5, 5.41) is 50.0. The highest BCUT2D eigenvalue weighted by molar-refractivity contribution is 5.87. The Morgan fingerprint density at radius 1 is 0.844 bits per heavy atom. The molecule has 3 rings (SSSR count). The van der Waals surface area contributed by atoms with Crippen molar-refractivity contribution in [2.24, 2.45) is 34.0 Å². The maximum Gasteiger partial charge on any atom is 0.330 e. The molecular weight excluding hydrogens is 416 g/mol. The fraction of sp³-hybridized carbons (Fsp3) is 0.625. The van der Waals surface area contributed by atoms with Crippen LogP contribution in [0.15, 0.2) is 36.5 Å². The van der Waals surface area contributed by atoms with Gasteiger partial charge >= 0.3 is 17.9 Å². The Labute approximate surface area is 187 Å². The van der Waals surface area contributed by atoms with E-state index < -0.39 is 46.7 Å². The molecule has 0 amide bonds. The van der Waals surface area contributed by atoms with Crippen LogP contribution >= 0.6 is 0 Å². The van der Waals surface area contributed by atoms with E-state index in [4.69, 9.17) is 0 Å². The molecule has 5 N–H and O–H groups in total. The molecule has 0 aliphatic heterocycles. The minimum Gasteiger partial charge on any atom is -0.478 e. The van der Waals surface area contributed by atoms with Crippen LogP contribution in [0.25, 0.3) is 0 Å². The highest BCUT2D eigenvalue weighted by Crippen LogP contribution is 2.82. The zero-order valence-corrected chi connectivity index (χ0v) is 18.2. The normalized spacial score (nSPS) is 37.1. The third-order valence-electron chi connectivity index (χ3n) is 8.99. The van der Waals surface area contributed by atoms with E-state index >= 15 is 0 Å². The second-order valence-electron chi connectivity index (χ2n) is 10.0. The lowest BCUT2D eigenvalue weighted by molar-refractivity contribution is -0.145. The van der Waals surface area contributed by atoms with Crippen LogP contribution in [0.5, 0.6) is 0 Å². The summed E-state index contributed by atoms with van der Waals surface area (Å²) in [6, 6.07) is 0. The Bertz CT molecular complexity index is 890. The van der Waals surface area contributed by atoms with Gasteiger partial charge in [-0.3, -0.25) is 0 Å². The van der Waals surface area contributed by atoms with E-state index in [2.05, 4.69) is 19.7 Å². The molecule has 2 bridgehead atoms. The average molecular weight is 449 g/mol. The molecule has 0 heterocycles. The molecule has 3 aliphatic carbocycles. The van der Waals surface area contributed by atoms with Crippen molar-refractivity contribution in [3.63, 3.8) is 0 Å². The zero-order valence-electron chi connectivity index (χ0n) is 18.2. The first-order valence-electron chi connectivity index (χ1n) is 10.9. The van der Waals surface area contributed by atoms with Gasteiger partial charge in [0.25, 0.3) is 0 Å². The average Bonchev–Trinajstić information content (AvgIpc) is 3.34. The molecule has 3 saturated carbocycles. The van der Waals surface area contributed by atoms with Crippen molar-refractivity contribution in [3.05, 3.63) is 36.5 Å². The fourth-order valence-electron chi connectivity index (χ4n) is 7.94. The number of aliphatic hydroxyl groups excluding tert-OH is 2. The maximum absolute atomic E-state index is 11.9. The van der Waals surface area contributed by atoms with Crippen molar-refractivity contribution in [1.29, 1.82) is 0 Å². The van der Waals surface area contributed by atoms with Crippen molar-refractivity contribution >= 4 is 17.9 Å². The standard InChI is InChI=1S/C24H32O8/c1-13(19(27)28)7-22-5-4-16(10-22)18-6-17(11-25)23(12-26,8-14(2)20(29)30)24(18,22)9-15(3)21(31)32/h16-18,25-26H,1-12H2,(H,27,28)(H,29,30)(H,31,32). The molecule has 0 aromatic carbocycles. The van der Waals surface area contributed by atoms with Crippen LogP contribution in [-0.2, 0) is 14.4 Å². The van der Waals surface area contributed by atoms with E-state index in [1.165, 1.54) is 0 Å². The Kier molecular flexibility index (Phi) is 6.17. The summed E-state index contributed by atoms with van der Waals surface area (Å²) in [5.74, 6) is -3.96. The van der Waals surface area contributed by atoms with E-state index in [-0.39, 0.29) is 54.4 Å². The first kappa shape index (κ1) is 24.2. The van der Waals surface area contributed by atoms with Gasteiger partial charge in [-0.1, -0.05) is 19.7 Å². The van der Waals surface area contributed by atoms with Crippen LogP contribution in [0, 0.1) is 34.0 Å². The van der Waals surface area contributed by atoms with Gasteiger partial charge < -0.3 is 25.5 Å². The van der Waals surface area contributed by atoms with Gasteiger partial charge in [0.1, 0.15) is 0 Å². The number of rotatable bonds is 11. The van der Waals surface area contributed by atoms with Gasteiger partial charge in [0, 0.05) is 35.3 Å². The molecule has 176 valence electrons. The van der Waals surface area contributed by atoms with E-state index in [1.54, 1.807) is 0 Å². The number of aliphatic hydroxyl groups is 2. The van der Waals surface area contributed by atoms with Gasteiger partial charge in [-0.25, -0.2) is 14.4 Å². The molecule has 8 heteroatoms. The molecular formula is C24H32O8. The third kappa shape index (κ3) is 3.15. The minimum atomic E-state index is -1.22. The van der Waals surface area contributed by atoms with Crippen LogP contribution in [0.1, 0.15) is 44.9 Å². The predicted molar refractivity (Wildman–Crippen MR) is 115 cm³/mol. The lowest BCUT2D eigenvalue weighted by Crippen LogP contribution is -2.56. The maximum atomic E-state index is 11.9. The molecule has 3 aliphatic rings. The lowest BCUT2D eigenvalue weighted by Gasteiger charge is -2.59. The Hall–Kier alpha value is -2.45. The molecule has 0 spiro atoms. The number of carboxylic acids is 3. The quantitative estimate of drug-likeness (QED) is 0.302. The molecule has 0 aromatic rings. The summed E-state index contributed by atoms with van der Waals surface area (Å²) in [4.78, 5) is 35.3. The molecule has 3 fully saturated rings. The Morgan fingerprint density at radius 3 is 1.88 bits per heavy atom. The van der Waals surface area contributed by atoms with E-state index in [1.807, 2.05) is 0 Å². The lowest BCUT2D eigenvalue weighted by atomic mass is 9.45. The molecule has 0 saturated heterocycles. The summed E-state index contributed by atoms with van der Waals surface area (Å²) >= 11 is 0. The summed E-state index contributed by atoms with van der Waals surface area (Å²) in [7, 11) is 0. The number of fused-ring (bicyclic) bond motifs is 5. The van der Waals surface area contributed by atoms with Crippen molar-refractivity contribution < 1.29 is 39.9 Å². The summed E-state index contributed by atoms with van der Waals surface area (Å²) < 4.78 is 0.